The van der Waals surface area contributed by atoms with Gasteiger partial charge in [0.2, 0.25) is 5.82 Å². The van der Waals surface area contributed by atoms with Crippen molar-refractivity contribution in [1.29, 1.82) is 0 Å². The lowest BCUT2D eigenvalue weighted by molar-refractivity contribution is -0.120. The van der Waals surface area contributed by atoms with Crippen LogP contribution in [-0.2, 0) is 11.3 Å². The highest BCUT2D eigenvalue weighted by Gasteiger charge is 2.13. The highest BCUT2D eigenvalue weighted by atomic mass is 79.9. The van der Waals surface area contributed by atoms with Crippen LogP contribution >= 0.6 is 15.9 Å². The van der Waals surface area contributed by atoms with Crippen LogP contribution in [0.4, 0.5) is 10.5 Å². The Balaban J connectivity index is 1.58. The van der Waals surface area contributed by atoms with E-state index < -0.39 is 11.9 Å². The Morgan fingerprint density at radius 1 is 1.04 bits per heavy atom. The number of aromatic nitrogens is 4. The maximum Gasteiger partial charge on any atom is 0.325 e. The smallest absolute Gasteiger partial charge is 0.308 e. The number of carbonyl (C=O) groups is 2. The molecule has 0 aliphatic carbocycles. The lowest BCUT2D eigenvalue weighted by Crippen LogP contribution is -2.37. The number of rotatable bonds is 4. The third kappa shape index (κ3) is 4.48. The molecule has 2 N–H and O–H groups in total. The van der Waals surface area contributed by atoms with Gasteiger partial charge in [-0.05, 0) is 29.5 Å². The number of nitrogens with zero attached hydrogens (tertiary/aromatic N) is 4. The number of halogens is 1. The summed E-state index contributed by atoms with van der Waals surface area (Å²) in [4.78, 5) is 24.8. The number of tetrazole rings is 1. The van der Waals surface area contributed by atoms with E-state index in [9.17, 15) is 9.59 Å². The number of hydrogen-bond donors (Lipinski definition) is 2. The van der Waals surface area contributed by atoms with Crippen LogP contribution in [0.15, 0.2) is 59.1 Å². The van der Waals surface area contributed by atoms with E-state index in [1.807, 2.05) is 30.3 Å². The average molecular weight is 401 g/mol. The molecule has 0 unspecified atom stereocenters. The van der Waals surface area contributed by atoms with Crippen molar-refractivity contribution in [1.82, 2.24) is 25.5 Å². The van der Waals surface area contributed by atoms with Crippen LogP contribution in [0, 0.1) is 0 Å². The second-order valence-corrected chi connectivity index (χ2v) is 5.85. The quantitative estimate of drug-likeness (QED) is 0.700. The molecular formula is C16H13BrN6O2. The maximum absolute atomic E-state index is 11.9. The Bertz CT molecular complexity index is 896. The number of para-hydroxylation sites is 1. The van der Waals surface area contributed by atoms with Crippen molar-refractivity contribution in [3.63, 3.8) is 0 Å². The van der Waals surface area contributed by atoms with Crippen LogP contribution in [0.1, 0.15) is 0 Å². The lowest BCUT2D eigenvalue weighted by atomic mass is 10.2. The Morgan fingerprint density at radius 3 is 2.52 bits per heavy atom. The third-order valence-electron chi connectivity index (χ3n) is 3.14. The zero-order chi connectivity index (χ0) is 17.6. The van der Waals surface area contributed by atoms with Crippen molar-refractivity contribution in [2.45, 2.75) is 6.54 Å². The highest BCUT2D eigenvalue weighted by Crippen LogP contribution is 2.24. The van der Waals surface area contributed by atoms with Gasteiger partial charge in [0.1, 0.15) is 6.54 Å². The fourth-order valence-corrected chi connectivity index (χ4v) is 2.50. The standard InChI is InChI=1S/C16H13BrN6O2/c17-13-9-5-4-8-12(13)15-20-22-23(21-15)10-14(24)19-16(25)18-11-6-2-1-3-7-11/h1-9H,10H2,(H2,18,19,24,25). The van der Waals surface area contributed by atoms with E-state index in [1.54, 1.807) is 24.3 Å². The zero-order valence-electron chi connectivity index (χ0n) is 12.9. The predicted octanol–water partition coefficient (Wildman–Crippen LogP) is 2.45. The van der Waals surface area contributed by atoms with Crippen LogP contribution in [0.2, 0.25) is 0 Å². The molecule has 0 aliphatic rings. The predicted molar refractivity (Wildman–Crippen MR) is 94.6 cm³/mol. The molecule has 0 atom stereocenters. The van der Waals surface area contributed by atoms with Gasteiger partial charge in [-0.1, -0.05) is 46.3 Å². The summed E-state index contributed by atoms with van der Waals surface area (Å²) in [7, 11) is 0. The molecule has 0 saturated heterocycles. The van der Waals surface area contributed by atoms with E-state index in [4.69, 9.17) is 0 Å². The first-order valence-electron chi connectivity index (χ1n) is 7.30. The van der Waals surface area contributed by atoms with Gasteiger partial charge in [0.25, 0.3) is 5.91 Å². The highest BCUT2D eigenvalue weighted by molar-refractivity contribution is 9.10. The summed E-state index contributed by atoms with van der Waals surface area (Å²) >= 11 is 3.41. The number of benzene rings is 2. The van der Waals surface area contributed by atoms with Crippen LogP contribution in [0.25, 0.3) is 11.4 Å². The molecule has 3 amide bonds. The van der Waals surface area contributed by atoms with Gasteiger partial charge in [0, 0.05) is 15.7 Å². The van der Waals surface area contributed by atoms with Gasteiger partial charge in [-0.15, -0.1) is 10.2 Å². The van der Waals surface area contributed by atoms with Crippen LogP contribution in [-0.4, -0.2) is 32.1 Å². The summed E-state index contributed by atoms with van der Waals surface area (Å²) in [5, 5.41) is 16.7. The lowest BCUT2D eigenvalue weighted by Gasteiger charge is -2.05. The summed E-state index contributed by atoms with van der Waals surface area (Å²) in [5.41, 5.74) is 1.35. The summed E-state index contributed by atoms with van der Waals surface area (Å²) in [5.74, 6) is -0.168. The Hall–Kier alpha value is -3.07. The van der Waals surface area contributed by atoms with Gasteiger partial charge in [0.05, 0.1) is 0 Å². The van der Waals surface area contributed by atoms with Gasteiger partial charge in [0.15, 0.2) is 0 Å². The minimum atomic E-state index is -0.623. The fourth-order valence-electron chi connectivity index (χ4n) is 2.04. The molecule has 0 fully saturated rings. The van der Waals surface area contributed by atoms with Crippen LogP contribution < -0.4 is 10.6 Å². The first-order chi connectivity index (χ1) is 12.1. The summed E-state index contributed by atoms with van der Waals surface area (Å²) in [6, 6.07) is 15.6. The summed E-state index contributed by atoms with van der Waals surface area (Å²) in [6.45, 7) is -0.223. The maximum atomic E-state index is 11.9. The number of anilines is 1. The monoisotopic (exact) mass is 400 g/mol. The van der Waals surface area contributed by atoms with E-state index in [2.05, 4.69) is 42.0 Å². The van der Waals surface area contributed by atoms with E-state index in [-0.39, 0.29) is 6.54 Å². The van der Waals surface area contributed by atoms with Crippen molar-refractivity contribution in [2.24, 2.45) is 0 Å². The molecule has 1 heterocycles. The van der Waals surface area contributed by atoms with Crippen LogP contribution in [0.5, 0.6) is 0 Å². The molecule has 3 rings (SSSR count). The molecule has 126 valence electrons. The number of hydrogen-bond acceptors (Lipinski definition) is 5. The fraction of sp³-hybridized carbons (Fsp3) is 0.0625. The largest absolute Gasteiger partial charge is 0.325 e. The SMILES string of the molecule is O=C(Cn1nnc(-c2ccccc2Br)n1)NC(=O)Nc1ccccc1. The number of nitrogens with one attached hydrogen (secondary N) is 2. The van der Waals surface area contributed by atoms with Crippen molar-refractivity contribution >= 4 is 33.6 Å². The first-order valence-corrected chi connectivity index (χ1v) is 8.10. The van der Waals surface area contributed by atoms with Gasteiger partial charge in [-0.25, -0.2) is 4.79 Å². The number of imide groups is 1. The first kappa shape index (κ1) is 16.8. The molecule has 0 spiro atoms. The van der Waals surface area contributed by atoms with Gasteiger partial charge in [-0.3, -0.25) is 10.1 Å². The molecule has 9 heteroatoms. The molecular weight excluding hydrogens is 388 g/mol. The molecule has 25 heavy (non-hydrogen) atoms. The topological polar surface area (TPSA) is 102 Å². The number of urea groups is 1. The van der Waals surface area contributed by atoms with Gasteiger partial charge >= 0.3 is 6.03 Å². The van der Waals surface area contributed by atoms with Crippen molar-refractivity contribution < 1.29 is 9.59 Å². The van der Waals surface area contributed by atoms with Gasteiger partial charge < -0.3 is 5.32 Å². The second-order valence-electron chi connectivity index (χ2n) is 4.99. The minimum Gasteiger partial charge on any atom is -0.308 e. The molecule has 8 nitrogen and oxygen atoms in total. The molecule has 0 bridgehead atoms. The van der Waals surface area contributed by atoms with E-state index >= 15 is 0 Å². The average Bonchev–Trinajstić information content (AvgIpc) is 3.04. The molecule has 3 aromatic rings. The number of carbonyl (C=O) groups excluding carboxylic acids is 2. The van der Waals surface area contributed by atoms with E-state index in [1.165, 1.54) is 0 Å². The molecule has 0 radical (unpaired) electrons. The third-order valence-corrected chi connectivity index (χ3v) is 3.83. The minimum absolute atomic E-state index is 0.223. The number of amides is 3. The Morgan fingerprint density at radius 2 is 1.76 bits per heavy atom. The van der Waals surface area contributed by atoms with Crippen molar-refractivity contribution in [2.75, 3.05) is 5.32 Å². The summed E-state index contributed by atoms with van der Waals surface area (Å²) in [6.07, 6.45) is 0. The Kier molecular flexibility index (Phi) is 5.14. The molecule has 2 aromatic carbocycles. The van der Waals surface area contributed by atoms with E-state index in [0.29, 0.717) is 11.5 Å². The van der Waals surface area contributed by atoms with Crippen LogP contribution in [0.3, 0.4) is 0 Å². The molecule has 0 saturated carbocycles. The molecule has 1 aromatic heterocycles. The Labute approximate surface area is 151 Å². The van der Waals surface area contributed by atoms with Crippen molar-refractivity contribution in [3.8, 4) is 11.4 Å². The van der Waals surface area contributed by atoms with Gasteiger partial charge in [-0.2, -0.15) is 4.80 Å². The zero-order valence-corrected chi connectivity index (χ0v) is 14.5. The second kappa shape index (κ2) is 7.67. The normalized spacial score (nSPS) is 10.3. The van der Waals surface area contributed by atoms with E-state index in [0.717, 1.165) is 14.8 Å². The molecule has 0 aliphatic heterocycles. The van der Waals surface area contributed by atoms with Crippen molar-refractivity contribution in [3.05, 3.63) is 59.1 Å². The summed E-state index contributed by atoms with van der Waals surface area (Å²) < 4.78 is 0.821.